The van der Waals surface area contributed by atoms with Crippen molar-refractivity contribution < 1.29 is 0 Å². The number of benzene rings is 11. The Labute approximate surface area is 344 Å². The highest BCUT2D eigenvalue weighted by Gasteiger charge is 2.35. The van der Waals surface area contributed by atoms with Crippen LogP contribution in [0.4, 0.5) is 0 Å². The average Bonchev–Trinajstić information content (AvgIpc) is 3.52. The molecule has 0 saturated carbocycles. The van der Waals surface area contributed by atoms with E-state index in [4.69, 9.17) is 0 Å². The van der Waals surface area contributed by atoms with E-state index in [0.717, 1.165) is 0 Å². The van der Waals surface area contributed by atoms with Gasteiger partial charge in [-0.15, -0.1) is 0 Å². The predicted molar refractivity (Wildman–Crippen MR) is 253 cm³/mol. The highest BCUT2D eigenvalue weighted by Crippen LogP contribution is 2.52. The molecule has 59 heavy (non-hydrogen) atoms. The summed E-state index contributed by atoms with van der Waals surface area (Å²) >= 11 is 0. The van der Waals surface area contributed by atoms with E-state index < -0.39 is 0 Å². The van der Waals surface area contributed by atoms with E-state index in [1.807, 2.05) is 0 Å². The lowest BCUT2D eigenvalue weighted by molar-refractivity contribution is 0.660. The molecule has 0 bridgehead atoms. The number of rotatable bonds is 4. The van der Waals surface area contributed by atoms with E-state index in [9.17, 15) is 0 Å². The molecule has 0 fully saturated rings. The van der Waals surface area contributed by atoms with Gasteiger partial charge in [0.25, 0.3) is 0 Å². The molecule has 0 atom stereocenters. The topological polar surface area (TPSA) is 0 Å². The van der Waals surface area contributed by atoms with Crippen molar-refractivity contribution in [1.82, 2.24) is 0 Å². The van der Waals surface area contributed by atoms with Crippen molar-refractivity contribution in [1.29, 1.82) is 0 Å². The Bertz CT molecular complexity index is 3450. The summed E-state index contributed by atoms with van der Waals surface area (Å²) in [4.78, 5) is 0. The predicted octanol–water partition coefficient (Wildman–Crippen LogP) is 16.4. The van der Waals surface area contributed by atoms with Crippen LogP contribution < -0.4 is 0 Å². The smallest absolute Gasteiger partial charge is 0.0159 e. The molecule has 0 aromatic heterocycles. The lowest BCUT2D eigenvalue weighted by Crippen LogP contribution is -2.14. The fraction of sp³-hybridized carbons (Fsp3) is 0.0508. The van der Waals surface area contributed by atoms with Gasteiger partial charge in [-0.05, 0) is 139 Å². The lowest BCUT2D eigenvalue weighted by Gasteiger charge is -2.23. The third-order valence-corrected chi connectivity index (χ3v) is 13.2. The van der Waals surface area contributed by atoms with Crippen LogP contribution in [0.2, 0.25) is 0 Å². The van der Waals surface area contributed by atoms with Gasteiger partial charge in [0, 0.05) is 5.41 Å². The molecule has 0 spiro atoms. The van der Waals surface area contributed by atoms with Gasteiger partial charge in [-0.2, -0.15) is 0 Å². The number of fused-ring (bicyclic) bond motifs is 8. The van der Waals surface area contributed by atoms with Gasteiger partial charge in [0.1, 0.15) is 0 Å². The first kappa shape index (κ1) is 33.8. The fourth-order valence-corrected chi connectivity index (χ4v) is 10.5. The van der Waals surface area contributed by atoms with Crippen LogP contribution >= 0.6 is 0 Å². The standard InChI is InChI=1S/C59H40/c1-59(2)53-27-15-14-20-43(53)44-32-30-42(36-54(44)59)57-49-25-12-13-26-50(49)58(40-29-28-37-16-6-7-19-39(37)34-40)52-35-41(31-33-51(52)57)56-47-23-10-8-21-45(47)55(38-17-4-3-5-18-38)46-22-9-11-24-48(46)56/h3-36H,1-2H3. The van der Waals surface area contributed by atoms with Crippen LogP contribution in [-0.4, -0.2) is 0 Å². The van der Waals surface area contributed by atoms with E-state index in [2.05, 4.69) is 220 Å². The van der Waals surface area contributed by atoms with Crippen LogP contribution in [0.15, 0.2) is 206 Å². The van der Waals surface area contributed by atoms with Gasteiger partial charge in [0.05, 0.1) is 0 Å². The van der Waals surface area contributed by atoms with E-state index in [-0.39, 0.29) is 5.41 Å². The molecule has 11 aromatic rings. The van der Waals surface area contributed by atoms with Gasteiger partial charge < -0.3 is 0 Å². The molecule has 276 valence electrons. The van der Waals surface area contributed by atoms with Crippen molar-refractivity contribution in [2.45, 2.75) is 19.3 Å². The van der Waals surface area contributed by atoms with Crippen molar-refractivity contribution >= 4 is 53.9 Å². The Morgan fingerprint density at radius 2 is 0.678 bits per heavy atom. The molecule has 0 nitrogen and oxygen atoms in total. The maximum atomic E-state index is 2.50. The molecule has 0 amide bonds. The van der Waals surface area contributed by atoms with Gasteiger partial charge in [0.2, 0.25) is 0 Å². The first-order valence-electron chi connectivity index (χ1n) is 20.8. The molecule has 0 heterocycles. The third kappa shape index (κ3) is 5.03. The summed E-state index contributed by atoms with van der Waals surface area (Å²) in [5.74, 6) is 0. The van der Waals surface area contributed by atoms with Gasteiger partial charge in [0.15, 0.2) is 0 Å². The van der Waals surface area contributed by atoms with Crippen molar-refractivity contribution in [3.63, 3.8) is 0 Å². The second-order valence-corrected chi connectivity index (χ2v) is 16.8. The highest BCUT2D eigenvalue weighted by atomic mass is 14.4. The summed E-state index contributed by atoms with van der Waals surface area (Å²) in [5, 5.41) is 12.6. The van der Waals surface area contributed by atoms with Crippen LogP contribution in [0.25, 0.3) is 109 Å². The molecule has 0 N–H and O–H groups in total. The normalized spacial score (nSPS) is 13.1. The zero-order valence-electron chi connectivity index (χ0n) is 33.1. The van der Waals surface area contributed by atoms with Crippen LogP contribution in [-0.2, 0) is 5.41 Å². The molecule has 1 aliphatic rings. The monoisotopic (exact) mass is 748 g/mol. The SMILES string of the molecule is CC1(C)c2ccccc2-c2ccc(-c3c4ccccc4c(-c4ccc5ccccc5c4)c4cc(-c5c6ccccc6c(-c6ccccc6)c6ccccc56)ccc34)cc21. The first-order valence-corrected chi connectivity index (χ1v) is 20.8. The van der Waals surface area contributed by atoms with Gasteiger partial charge in [-0.3, -0.25) is 0 Å². The molecule has 0 radical (unpaired) electrons. The van der Waals surface area contributed by atoms with Crippen LogP contribution in [0.5, 0.6) is 0 Å². The first-order chi connectivity index (χ1) is 29.0. The molecule has 0 saturated heterocycles. The average molecular weight is 749 g/mol. The summed E-state index contributed by atoms with van der Waals surface area (Å²) in [5.41, 5.74) is 15.4. The maximum Gasteiger partial charge on any atom is 0.0159 e. The highest BCUT2D eigenvalue weighted by molar-refractivity contribution is 6.25. The molecule has 1 aliphatic carbocycles. The zero-order valence-corrected chi connectivity index (χ0v) is 33.1. The van der Waals surface area contributed by atoms with Gasteiger partial charge in [-0.1, -0.05) is 202 Å². The maximum absolute atomic E-state index is 2.50. The zero-order chi connectivity index (χ0) is 39.2. The summed E-state index contributed by atoms with van der Waals surface area (Å²) in [7, 11) is 0. The minimum atomic E-state index is -0.0974. The summed E-state index contributed by atoms with van der Waals surface area (Å²) in [6.07, 6.45) is 0. The molecule has 12 rings (SSSR count). The number of hydrogen-bond donors (Lipinski definition) is 0. The molecular weight excluding hydrogens is 709 g/mol. The Kier molecular flexibility index (Phi) is 7.38. The molecule has 0 heteroatoms. The molecule has 11 aromatic carbocycles. The van der Waals surface area contributed by atoms with Gasteiger partial charge >= 0.3 is 0 Å². The molecular formula is C59H40. The van der Waals surface area contributed by atoms with Crippen molar-refractivity contribution in [2.75, 3.05) is 0 Å². The van der Waals surface area contributed by atoms with Crippen LogP contribution in [0, 0.1) is 0 Å². The molecule has 0 unspecified atom stereocenters. The van der Waals surface area contributed by atoms with Gasteiger partial charge in [-0.25, -0.2) is 0 Å². The van der Waals surface area contributed by atoms with Crippen LogP contribution in [0.1, 0.15) is 25.0 Å². The van der Waals surface area contributed by atoms with Crippen LogP contribution in [0.3, 0.4) is 0 Å². The van der Waals surface area contributed by atoms with E-state index >= 15 is 0 Å². The van der Waals surface area contributed by atoms with Crippen molar-refractivity contribution in [3.8, 4) is 55.6 Å². The second kappa shape index (κ2) is 12.9. The summed E-state index contributed by atoms with van der Waals surface area (Å²) in [6, 6.07) is 77.1. The van der Waals surface area contributed by atoms with E-state index in [1.165, 1.54) is 121 Å². The van der Waals surface area contributed by atoms with E-state index in [0.29, 0.717) is 0 Å². The van der Waals surface area contributed by atoms with Crippen molar-refractivity contribution in [2.24, 2.45) is 0 Å². The molecule has 0 aliphatic heterocycles. The Hall–Kier alpha value is -7.28. The Balaban J connectivity index is 1.19. The minimum Gasteiger partial charge on any atom is -0.0622 e. The summed E-state index contributed by atoms with van der Waals surface area (Å²) in [6.45, 7) is 4.76. The fourth-order valence-electron chi connectivity index (χ4n) is 10.5. The Morgan fingerprint density at radius 3 is 1.32 bits per heavy atom. The third-order valence-electron chi connectivity index (χ3n) is 13.2. The second-order valence-electron chi connectivity index (χ2n) is 16.8. The Morgan fingerprint density at radius 1 is 0.254 bits per heavy atom. The number of hydrogen-bond acceptors (Lipinski definition) is 0. The van der Waals surface area contributed by atoms with Crippen molar-refractivity contribution in [3.05, 3.63) is 217 Å². The van der Waals surface area contributed by atoms with E-state index in [1.54, 1.807) is 0 Å². The quantitative estimate of drug-likeness (QED) is 0.157. The summed E-state index contributed by atoms with van der Waals surface area (Å²) < 4.78 is 0. The lowest BCUT2D eigenvalue weighted by atomic mass is 9.80. The largest absolute Gasteiger partial charge is 0.0622 e. The minimum absolute atomic E-state index is 0.0974.